The molecule has 4 heteroatoms. The molecule has 90 valence electrons. The van der Waals surface area contributed by atoms with Crippen LogP contribution in [0.25, 0.3) is 0 Å². The van der Waals surface area contributed by atoms with Crippen molar-refractivity contribution < 1.29 is 9.90 Å². The fraction of sp³-hybridized carbons (Fsp3) is 0.417. The number of carbonyl (C=O) groups is 1. The zero-order valence-electron chi connectivity index (χ0n) is 9.35. The van der Waals surface area contributed by atoms with Gasteiger partial charge in [-0.25, -0.2) is 4.79 Å². The van der Waals surface area contributed by atoms with E-state index in [-0.39, 0.29) is 12.4 Å². The van der Waals surface area contributed by atoms with Crippen LogP contribution in [0.5, 0.6) is 0 Å². The van der Waals surface area contributed by atoms with Gasteiger partial charge >= 0.3 is 5.97 Å². The Balaban J connectivity index is 0.00000225. The molecule has 3 N–H and O–H groups in total. The highest BCUT2D eigenvalue weighted by atomic mass is 35.5. The molecular formula is C12H18ClNO2. The van der Waals surface area contributed by atoms with Crippen LogP contribution in [-0.2, 0) is 10.3 Å². The number of rotatable bonds is 5. The molecule has 0 aliphatic carbocycles. The summed E-state index contributed by atoms with van der Waals surface area (Å²) in [7, 11) is 0. The van der Waals surface area contributed by atoms with Crippen molar-refractivity contribution in [2.45, 2.75) is 31.7 Å². The van der Waals surface area contributed by atoms with E-state index in [0.29, 0.717) is 12.0 Å². The Bertz CT molecular complexity index is 329. The summed E-state index contributed by atoms with van der Waals surface area (Å²) in [6.45, 7) is 2.02. The number of hydrogen-bond donors (Lipinski definition) is 2. The largest absolute Gasteiger partial charge is 0.480 e. The van der Waals surface area contributed by atoms with Gasteiger partial charge in [0.2, 0.25) is 0 Å². The lowest BCUT2D eigenvalue weighted by atomic mass is 9.86. The second-order valence-electron chi connectivity index (χ2n) is 3.75. The molecular weight excluding hydrogens is 226 g/mol. The molecule has 1 unspecified atom stereocenters. The minimum absolute atomic E-state index is 0. The molecule has 0 spiro atoms. The summed E-state index contributed by atoms with van der Waals surface area (Å²) in [5, 5.41) is 9.19. The molecule has 1 aromatic rings. The zero-order valence-corrected chi connectivity index (χ0v) is 10.2. The lowest BCUT2D eigenvalue weighted by Crippen LogP contribution is -2.44. The molecule has 0 amide bonds. The smallest absolute Gasteiger partial charge is 0.328 e. The first kappa shape index (κ1) is 14.9. The number of carboxylic acids is 1. The van der Waals surface area contributed by atoms with E-state index in [2.05, 4.69) is 0 Å². The molecule has 0 heterocycles. The summed E-state index contributed by atoms with van der Waals surface area (Å²) in [6.07, 6.45) is 2.24. The minimum Gasteiger partial charge on any atom is -0.480 e. The first-order valence-corrected chi connectivity index (χ1v) is 5.19. The number of benzene rings is 1. The molecule has 0 aliphatic heterocycles. The number of carboxylic acid groups (broad SMARTS) is 1. The van der Waals surface area contributed by atoms with E-state index in [1.165, 1.54) is 0 Å². The molecule has 0 saturated heterocycles. The summed E-state index contributed by atoms with van der Waals surface area (Å²) < 4.78 is 0. The Labute approximate surface area is 102 Å². The molecule has 1 rings (SSSR count). The van der Waals surface area contributed by atoms with E-state index in [9.17, 15) is 9.90 Å². The molecule has 0 aliphatic rings. The van der Waals surface area contributed by atoms with Gasteiger partial charge in [0.1, 0.15) is 5.54 Å². The Morgan fingerprint density at radius 2 is 1.94 bits per heavy atom. The van der Waals surface area contributed by atoms with E-state index in [1.54, 1.807) is 12.1 Å². The molecule has 3 nitrogen and oxygen atoms in total. The van der Waals surface area contributed by atoms with Crippen LogP contribution < -0.4 is 5.73 Å². The summed E-state index contributed by atoms with van der Waals surface area (Å²) in [6, 6.07) is 9.01. The van der Waals surface area contributed by atoms with E-state index in [4.69, 9.17) is 5.73 Å². The van der Waals surface area contributed by atoms with Gasteiger partial charge in [-0.1, -0.05) is 50.1 Å². The van der Waals surface area contributed by atoms with Gasteiger partial charge in [0.05, 0.1) is 0 Å². The lowest BCUT2D eigenvalue weighted by molar-refractivity contribution is -0.144. The third-order valence-corrected chi connectivity index (χ3v) is 2.60. The van der Waals surface area contributed by atoms with Crippen molar-refractivity contribution in [1.82, 2.24) is 0 Å². The highest BCUT2D eigenvalue weighted by Crippen LogP contribution is 2.24. The monoisotopic (exact) mass is 243 g/mol. The van der Waals surface area contributed by atoms with E-state index >= 15 is 0 Å². The van der Waals surface area contributed by atoms with Crippen LogP contribution >= 0.6 is 12.4 Å². The maximum atomic E-state index is 11.2. The Morgan fingerprint density at radius 1 is 1.38 bits per heavy atom. The number of hydrogen-bond acceptors (Lipinski definition) is 2. The van der Waals surface area contributed by atoms with Gasteiger partial charge < -0.3 is 10.8 Å². The van der Waals surface area contributed by atoms with Crippen LogP contribution in [0.3, 0.4) is 0 Å². The van der Waals surface area contributed by atoms with Crippen LogP contribution in [0.15, 0.2) is 30.3 Å². The standard InChI is InChI=1S/C12H17NO2.ClH/c1-2-3-9-12(13,11(14)15)10-7-5-4-6-8-10;/h4-8H,2-3,9,13H2,1H3,(H,14,15);1H. The van der Waals surface area contributed by atoms with Crippen molar-refractivity contribution in [2.75, 3.05) is 0 Å². The van der Waals surface area contributed by atoms with Gasteiger partial charge in [-0.05, 0) is 12.0 Å². The first-order valence-electron chi connectivity index (χ1n) is 5.19. The second kappa shape index (κ2) is 6.51. The zero-order chi connectivity index (χ0) is 11.3. The second-order valence-corrected chi connectivity index (χ2v) is 3.75. The summed E-state index contributed by atoms with van der Waals surface area (Å²) in [4.78, 5) is 11.2. The van der Waals surface area contributed by atoms with Crippen molar-refractivity contribution >= 4 is 18.4 Å². The molecule has 0 fully saturated rings. The normalized spacial score (nSPS) is 13.6. The van der Waals surface area contributed by atoms with E-state index in [1.807, 2.05) is 25.1 Å². The fourth-order valence-electron chi connectivity index (χ4n) is 1.57. The minimum atomic E-state index is -1.24. The Kier molecular flexibility index (Phi) is 6.08. The number of nitrogens with two attached hydrogens (primary N) is 1. The highest BCUT2D eigenvalue weighted by molar-refractivity contribution is 5.85. The maximum absolute atomic E-state index is 11.2. The van der Waals surface area contributed by atoms with Crippen molar-refractivity contribution in [1.29, 1.82) is 0 Å². The van der Waals surface area contributed by atoms with Gasteiger partial charge in [-0.15, -0.1) is 12.4 Å². The third kappa shape index (κ3) is 3.22. The molecule has 0 saturated carbocycles. The Hall–Kier alpha value is -1.06. The van der Waals surface area contributed by atoms with E-state index in [0.717, 1.165) is 12.8 Å². The third-order valence-electron chi connectivity index (χ3n) is 2.60. The van der Waals surface area contributed by atoms with E-state index < -0.39 is 11.5 Å². The SMILES string of the molecule is CCCCC(N)(C(=O)O)c1ccccc1.Cl. The van der Waals surface area contributed by atoms with Gasteiger partial charge in [-0.2, -0.15) is 0 Å². The highest BCUT2D eigenvalue weighted by Gasteiger charge is 2.34. The van der Waals surface area contributed by atoms with Crippen LogP contribution in [-0.4, -0.2) is 11.1 Å². The van der Waals surface area contributed by atoms with Crippen molar-refractivity contribution in [3.63, 3.8) is 0 Å². The molecule has 16 heavy (non-hydrogen) atoms. The van der Waals surface area contributed by atoms with Crippen LogP contribution in [0, 0.1) is 0 Å². The maximum Gasteiger partial charge on any atom is 0.328 e. The molecule has 1 aromatic carbocycles. The predicted molar refractivity (Wildman–Crippen MR) is 66.7 cm³/mol. The molecule has 0 radical (unpaired) electrons. The summed E-state index contributed by atoms with van der Waals surface area (Å²) in [5.41, 5.74) is 5.38. The van der Waals surface area contributed by atoms with Gasteiger partial charge in [0, 0.05) is 0 Å². The number of unbranched alkanes of at least 4 members (excludes halogenated alkanes) is 1. The lowest BCUT2D eigenvalue weighted by Gasteiger charge is -2.24. The topological polar surface area (TPSA) is 63.3 Å². The molecule has 0 bridgehead atoms. The van der Waals surface area contributed by atoms with Gasteiger partial charge in [0.15, 0.2) is 0 Å². The van der Waals surface area contributed by atoms with Crippen LogP contribution in [0.4, 0.5) is 0 Å². The quantitative estimate of drug-likeness (QED) is 0.835. The van der Waals surface area contributed by atoms with Crippen molar-refractivity contribution in [2.24, 2.45) is 5.73 Å². The van der Waals surface area contributed by atoms with Crippen molar-refractivity contribution in [3.05, 3.63) is 35.9 Å². The van der Waals surface area contributed by atoms with Crippen molar-refractivity contribution in [3.8, 4) is 0 Å². The van der Waals surface area contributed by atoms with Crippen LogP contribution in [0.2, 0.25) is 0 Å². The van der Waals surface area contributed by atoms with Gasteiger partial charge in [0.25, 0.3) is 0 Å². The average Bonchev–Trinajstić information content (AvgIpc) is 2.27. The molecule has 1 atom stereocenters. The average molecular weight is 244 g/mol. The Morgan fingerprint density at radius 3 is 2.38 bits per heavy atom. The molecule has 0 aromatic heterocycles. The fourth-order valence-corrected chi connectivity index (χ4v) is 1.57. The first-order chi connectivity index (χ1) is 7.11. The van der Waals surface area contributed by atoms with Gasteiger partial charge in [-0.3, -0.25) is 0 Å². The van der Waals surface area contributed by atoms with Crippen LogP contribution in [0.1, 0.15) is 31.7 Å². The summed E-state index contributed by atoms with van der Waals surface area (Å²) in [5.74, 6) is -0.956. The summed E-state index contributed by atoms with van der Waals surface area (Å²) >= 11 is 0. The number of aliphatic carboxylic acids is 1. The number of halogens is 1. The predicted octanol–water partition coefficient (Wildman–Crippen LogP) is 2.54.